The van der Waals surface area contributed by atoms with E-state index >= 15 is 0 Å². The number of hydrogen-bond acceptors (Lipinski definition) is 5. The van der Waals surface area contributed by atoms with E-state index in [4.69, 9.17) is 28.6 Å². The number of carbonyl (C=O) groups is 1. The summed E-state index contributed by atoms with van der Waals surface area (Å²) in [5.74, 6) is -0.363. The molecule has 0 aromatic carbocycles. The zero-order chi connectivity index (χ0) is 18.6. The maximum Gasteiger partial charge on any atom is 0.341 e. The second-order valence-electron chi connectivity index (χ2n) is 5.51. The highest BCUT2D eigenvalue weighted by molar-refractivity contribution is 7.80. The number of aryl methyl sites for hydroxylation is 2. The van der Waals surface area contributed by atoms with Crippen LogP contribution in [0.15, 0.2) is 6.20 Å². The minimum atomic E-state index is -0.363. The van der Waals surface area contributed by atoms with Gasteiger partial charge in [0.25, 0.3) is 0 Å². The molecule has 25 heavy (non-hydrogen) atoms. The predicted octanol–water partition coefficient (Wildman–Crippen LogP) is 3.69. The van der Waals surface area contributed by atoms with Crippen LogP contribution in [0, 0.1) is 20.8 Å². The number of anilines is 1. The second-order valence-corrected chi connectivity index (χ2v) is 7.55. The average molecular weight is 401 g/mol. The first-order chi connectivity index (χ1) is 11.8. The molecule has 0 aliphatic heterocycles. The van der Waals surface area contributed by atoms with Crippen LogP contribution in [0.5, 0.6) is 0 Å². The Labute approximate surface area is 161 Å². The molecule has 0 amide bonds. The van der Waals surface area contributed by atoms with Gasteiger partial charge < -0.3 is 15.4 Å². The molecule has 2 heterocycles. The molecule has 0 atom stereocenters. The SMILES string of the molecule is COC(=O)c1c(NC(=S)NCCCn2ncc(Cl)c2C)sc(C)c1C. The van der Waals surface area contributed by atoms with Crippen LogP contribution < -0.4 is 10.6 Å². The van der Waals surface area contributed by atoms with Gasteiger partial charge in [0.05, 0.1) is 29.6 Å². The number of hydrogen-bond donors (Lipinski definition) is 2. The second kappa shape index (κ2) is 8.64. The maximum absolute atomic E-state index is 12.0. The van der Waals surface area contributed by atoms with Crippen molar-refractivity contribution in [2.24, 2.45) is 0 Å². The highest BCUT2D eigenvalue weighted by Gasteiger charge is 2.20. The van der Waals surface area contributed by atoms with Gasteiger partial charge in [0, 0.05) is 18.0 Å². The molecule has 0 unspecified atom stereocenters. The smallest absolute Gasteiger partial charge is 0.341 e. The first-order valence-corrected chi connectivity index (χ1v) is 9.36. The minimum absolute atomic E-state index is 0.363. The van der Waals surface area contributed by atoms with Crippen LogP contribution in [-0.2, 0) is 11.3 Å². The normalized spacial score (nSPS) is 10.6. The Morgan fingerprint density at radius 2 is 2.16 bits per heavy atom. The lowest BCUT2D eigenvalue weighted by atomic mass is 10.1. The third kappa shape index (κ3) is 4.71. The Hall–Kier alpha value is -1.64. The number of rotatable bonds is 6. The topological polar surface area (TPSA) is 68.2 Å². The monoisotopic (exact) mass is 400 g/mol. The third-order valence-electron chi connectivity index (χ3n) is 3.88. The molecule has 2 N–H and O–H groups in total. The molecular formula is C16H21ClN4O2S2. The van der Waals surface area contributed by atoms with Crippen molar-refractivity contribution in [1.82, 2.24) is 15.1 Å². The molecule has 0 saturated heterocycles. The summed E-state index contributed by atoms with van der Waals surface area (Å²) in [5.41, 5.74) is 2.40. The summed E-state index contributed by atoms with van der Waals surface area (Å²) in [7, 11) is 1.37. The maximum atomic E-state index is 12.0. The van der Waals surface area contributed by atoms with Crippen molar-refractivity contribution in [1.29, 1.82) is 0 Å². The first-order valence-electron chi connectivity index (χ1n) is 7.76. The van der Waals surface area contributed by atoms with Gasteiger partial charge in [-0.3, -0.25) is 4.68 Å². The number of esters is 1. The van der Waals surface area contributed by atoms with Gasteiger partial charge in [-0.15, -0.1) is 11.3 Å². The summed E-state index contributed by atoms with van der Waals surface area (Å²) in [6, 6.07) is 0. The van der Waals surface area contributed by atoms with E-state index in [2.05, 4.69) is 15.7 Å². The van der Waals surface area contributed by atoms with Crippen LogP contribution in [0.25, 0.3) is 0 Å². The standard InChI is InChI=1S/C16H21ClN4O2S2/c1-9-11(3)25-14(13(9)15(22)23-4)20-16(24)18-6-5-7-21-10(2)12(17)8-19-21/h8H,5-7H2,1-4H3,(H2,18,20,24). The Morgan fingerprint density at radius 3 is 2.76 bits per heavy atom. The molecule has 0 aliphatic rings. The van der Waals surface area contributed by atoms with E-state index in [1.165, 1.54) is 18.4 Å². The average Bonchev–Trinajstić information content (AvgIpc) is 3.04. The molecule has 2 aromatic rings. The van der Waals surface area contributed by atoms with E-state index in [0.29, 0.717) is 27.2 Å². The molecule has 0 bridgehead atoms. The zero-order valence-electron chi connectivity index (χ0n) is 14.6. The van der Waals surface area contributed by atoms with Gasteiger partial charge in [-0.1, -0.05) is 11.6 Å². The van der Waals surface area contributed by atoms with Crippen molar-refractivity contribution in [2.75, 3.05) is 19.0 Å². The highest BCUT2D eigenvalue weighted by Crippen LogP contribution is 2.32. The summed E-state index contributed by atoms with van der Waals surface area (Å²) in [6.07, 6.45) is 2.49. The molecule has 6 nitrogen and oxygen atoms in total. The van der Waals surface area contributed by atoms with Crippen molar-refractivity contribution in [2.45, 2.75) is 33.7 Å². The van der Waals surface area contributed by atoms with Crippen molar-refractivity contribution in [3.05, 3.63) is 32.9 Å². The number of methoxy groups -OCH3 is 1. The van der Waals surface area contributed by atoms with Crippen molar-refractivity contribution < 1.29 is 9.53 Å². The Morgan fingerprint density at radius 1 is 1.44 bits per heavy atom. The Balaban J connectivity index is 1.87. The minimum Gasteiger partial charge on any atom is -0.465 e. The summed E-state index contributed by atoms with van der Waals surface area (Å²) >= 11 is 12.8. The van der Waals surface area contributed by atoms with Gasteiger partial charge in [-0.25, -0.2) is 4.79 Å². The van der Waals surface area contributed by atoms with Crippen LogP contribution in [0.2, 0.25) is 5.02 Å². The van der Waals surface area contributed by atoms with E-state index in [1.807, 2.05) is 25.5 Å². The van der Waals surface area contributed by atoms with Gasteiger partial charge in [0.2, 0.25) is 0 Å². The third-order valence-corrected chi connectivity index (χ3v) is 5.62. The zero-order valence-corrected chi connectivity index (χ0v) is 17.0. The quantitative estimate of drug-likeness (QED) is 0.438. The number of nitrogens with one attached hydrogen (secondary N) is 2. The number of thiophene rings is 1. The Bertz CT molecular complexity index is 785. The lowest BCUT2D eigenvalue weighted by molar-refractivity contribution is 0.0601. The van der Waals surface area contributed by atoms with E-state index in [-0.39, 0.29) is 5.97 Å². The van der Waals surface area contributed by atoms with Crippen LogP contribution in [0.4, 0.5) is 5.00 Å². The van der Waals surface area contributed by atoms with E-state index in [0.717, 1.165) is 29.1 Å². The van der Waals surface area contributed by atoms with Crippen LogP contribution in [-0.4, -0.2) is 34.5 Å². The van der Waals surface area contributed by atoms with Crippen LogP contribution in [0.3, 0.4) is 0 Å². The summed E-state index contributed by atoms with van der Waals surface area (Å²) in [4.78, 5) is 13.0. The molecule has 0 radical (unpaired) electrons. The van der Waals surface area contributed by atoms with Gasteiger partial charge in [-0.2, -0.15) is 5.10 Å². The lowest BCUT2D eigenvalue weighted by Crippen LogP contribution is -2.30. The molecule has 0 aliphatic carbocycles. The van der Waals surface area contributed by atoms with E-state index in [1.54, 1.807) is 6.20 Å². The molecule has 0 spiro atoms. The molecule has 0 fully saturated rings. The predicted molar refractivity (Wildman–Crippen MR) is 106 cm³/mol. The number of halogens is 1. The van der Waals surface area contributed by atoms with Crippen LogP contribution in [0.1, 0.15) is 32.9 Å². The number of aromatic nitrogens is 2. The van der Waals surface area contributed by atoms with Crippen molar-refractivity contribution in [3.63, 3.8) is 0 Å². The highest BCUT2D eigenvalue weighted by atomic mass is 35.5. The van der Waals surface area contributed by atoms with Crippen LogP contribution >= 0.6 is 35.2 Å². The van der Waals surface area contributed by atoms with Gasteiger partial charge in [0.15, 0.2) is 5.11 Å². The summed E-state index contributed by atoms with van der Waals surface area (Å²) < 4.78 is 6.72. The fraction of sp³-hybridized carbons (Fsp3) is 0.438. The fourth-order valence-corrected chi connectivity index (χ4v) is 3.75. The van der Waals surface area contributed by atoms with Gasteiger partial charge in [0.1, 0.15) is 5.00 Å². The molecule has 9 heteroatoms. The lowest BCUT2D eigenvalue weighted by Gasteiger charge is -2.11. The number of thiocarbonyl (C=S) groups is 1. The molecule has 2 aromatic heterocycles. The fourth-order valence-electron chi connectivity index (χ4n) is 2.29. The summed E-state index contributed by atoms with van der Waals surface area (Å²) in [6.45, 7) is 7.23. The molecule has 2 rings (SSSR count). The van der Waals surface area contributed by atoms with Gasteiger partial charge in [-0.05, 0) is 45.0 Å². The van der Waals surface area contributed by atoms with E-state index in [9.17, 15) is 4.79 Å². The molecule has 0 saturated carbocycles. The number of ether oxygens (including phenoxy) is 1. The first kappa shape index (κ1) is 19.7. The largest absolute Gasteiger partial charge is 0.465 e. The summed E-state index contributed by atoms with van der Waals surface area (Å²) in [5, 5.41) is 12.3. The van der Waals surface area contributed by atoms with Crippen molar-refractivity contribution in [3.8, 4) is 0 Å². The van der Waals surface area contributed by atoms with Gasteiger partial charge >= 0.3 is 5.97 Å². The number of carbonyl (C=O) groups excluding carboxylic acids is 1. The Kier molecular flexibility index (Phi) is 6.80. The molecule has 136 valence electrons. The molecular weight excluding hydrogens is 380 g/mol. The van der Waals surface area contributed by atoms with E-state index < -0.39 is 0 Å². The number of nitrogens with zero attached hydrogens (tertiary/aromatic N) is 2. The van der Waals surface area contributed by atoms with Crippen molar-refractivity contribution >= 4 is 51.2 Å².